The van der Waals surface area contributed by atoms with Crippen molar-refractivity contribution >= 4 is 40.5 Å². The Morgan fingerprint density at radius 2 is 1.72 bits per heavy atom. The minimum atomic E-state index is -0.291. The van der Waals surface area contributed by atoms with E-state index in [-0.39, 0.29) is 11.8 Å². The molecule has 0 N–H and O–H groups in total. The molecule has 0 saturated carbocycles. The van der Waals surface area contributed by atoms with Gasteiger partial charge in [0.15, 0.2) is 0 Å². The number of hydrogen-bond acceptors (Lipinski definition) is 3. The molecule has 3 aromatic rings. The first kappa shape index (κ1) is 15.5. The predicted octanol–water partition coefficient (Wildman–Crippen LogP) is 4.78. The molecule has 2 heterocycles. The fourth-order valence-corrected chi connectivity index (χ4v) is 3.64. The molecule has 2 aromatic carbocycles. The van der Waals surface area contributed by atoms with E-state index in [1.54, 1.807) is 23.5 Å². The van der Waals surface area contributed by atoms with Crippen LogP contribution in [-0.4, -0.2) is 11.8 Å². The number of hydrogen-bond donors (Lipinski definition) is 0. The molecule has 0 unspecified atom stereocenters. The first-order valence-electron chi connectivity index (χ1n) is 7.94. The van der Waals surface area contributed by atoms with E-state index >= 15 is 0 Å². The number of carbonyl (C=O) groups is 2. The molecule has 2 amide bonds. The van der Waals surface area contributed by atoms with E-state index in [1.165, 1.54) is 4.90 Å². The normalized spacial score (nSPS) is 15.6. The topological polar surface area (TPSA) is 37.4 Å². The van der Waals surface area contributed by atoms with Gasteiger partial charge in [-0.3, -0.25) is 9.59 Å². The molecule has 4 heteroatoms. The highest BCUT2D eigenvalue weighted by atomic mass is 32.1. The largest absolute Gasteiger partial charge is 0.268 e. The van der Waals surface area contributed by atoms with Crippen molar-refractivity contribution in [2.75, 3.05) is 4.90 Å². The summed E-state index contributed by atoms with van der Waals surface area (Å²) >= 11 is 1.57. The summed E-state index contributed by atoms with van der Waals surface area (Å²) in [6.45, 7) is 1.94. The van der Waals surface area contributed by atoms with E-state index in [2.05, 4.69) is 0 Å². The lowest BCUT2D eigenvalue weighted by molar-refractivity contribution is -0.112. The molecular weight excluding hydrogens is 330 g/mol. The lowest BCUT2D eigenvalue weighted by Gasteiger charge is -2.28. The molecule has 122 valence electrons. The van der Waals surface area contributed by atoms with Crippen LogP contribution < -0.4 is 4.90 Å². The van der Waals surface area contributed by atoms with Crippen LogP contribution in [0.15, 0.2) is 65.4 Å². The molecule has 1 aromatic heterocycles. The van der Waals surface area contributed by atoms with Crippen molar-refractivity contribution < 1.29 is 9.59 Å². The van der Waals surface area contributed by atoms with Gasteiger partial charge in [0.25, 0.3) is 11.8 Å². The molecule has 25 heavy (non-hydrogen) atoms. The maximum Gasteiger partial charge on any atom is 0.265 e. The number of carbonyl (C=O) groups excluding carboxylic acids is 2. The van der Waals surface area contributed by atoms with Crippen LogP contribution in [0.1, 0.15) is 27.0 Å². The van der Waals surface area contributed by atoms with Crippen LogP contribution in [0.25, 0.3) is 11.6 Å². The van der Waals surface area contributed by atoms with Crippen molar-refractivity contribution in [2.45, 2.75) is 6.92 Å². The van der Waals surface area contributed by atoms with Crippen LogP contribution in [0.4, 0.5) is 5.69 Å². The zero-order chi connectivity index (χ0) is 17.4. The lowest BCUT2D eigenvalue weighted by atomic mass is 9.92. The number of thiophene rings is 1. The third-order valence-corrected chi connectivity index (χ3v) is 4.90. The first-order chi connectivity index (χ1) is 12.1. The maximum absolute atomic E-state index is 13.2. The fourth-order valence-electron chi connectivity index (χ4n) is 3.02. The first-order valence-corrected chi connectivity index (χ1v) is 8.88. The van der Waals surface area contributed by atoms with Crippen molar-refractivity contribution in [1.29, 1.82) is 0 Å². The zero-order valence-corrected chi connectivity index (χ0v) is 14.4. The van der Waals surface area contributed by atoms with Gasteiger partial charge in [-0.2, -0.15) is 11.3 Å². The standard InChI is InChI=1S/C21H15NO2S/c1-14-5-4-6-16(11-14)22-20(23)18-8-3-2-7-17(18)19(21(22)24)12-15-9-10-25-13-15/h2-13H,1H3/b19-12-. The van der Waals surface area contributed by atoms with Gasteiger partial charge in [-0.05, 0) is 64.7 Å². The van der Waals surface area contributed by atoms with E-state index in [4.69, 9.17) is 0 Å². The maximum atomic E-state index is 13.2. The second-order valence-corrected chi connectivity index (χ2v) is 6.73. The Bertz CT molecular complexity index is 1000. The van der Waals surface area contributed by atoms with Gasteiger partial charge < -0.3 is 0 Å². The highest BCUT2D eigenvalue weighted by Crippen LogP contribution is 2.33. The summed E-state index contributed by atoms with van der Waals surface area (Å²) in [6.07, 6.45) is 1.85. The molecular formula is C21H15NO2S. The summed E-state index contributed by atoms with van der Waals surface area (Å²) in [4.78, 5) is 27.4. The molecule has 0 saturated heterocycles. The van der Waals surface area contributed by atoms with Gasteiger partial charge in [0.1, 0.15) is 0 Å². The van der Waals surface area contributed by atoms with Crippen molar-refractivity contribution in [3.8, 4) is 0 Å². The lowest BCUT2D eigenvalue weighted by Crippen LogP contribution is -2.41. The second kappa shape index (κ2) is 6.15. The van der Waals surface area contributed by atoms with Crippen LogP contribution in [0.3, 0.4) is 0 Å². The summed E-state index contributed by atoms with van der Waals surface area (Å²) in [5, 5.41) is 3.95. The highest BCUT2D eigenvalue weighted by molar-refractivity contribution is 7.08. The van der Waals surface area contributed by atoms with E-state index in [9.17, 15) is 9.59 Å². The van der Waals surface area contributed by atoms with Gasteiger partial charge in [-0.25, -0.2) is 4.90 Å². The summed E-state index contributed by atoms with van der Waals surface area (Å²) < 4.78 is 0. The molecule has 1 aliphatic rings. The molecule has 1 aliphatic heterocycles. The van der Waals surface area contributed by atoms with Crippen LogP contribution in [-0.2, 0) is 4.79 Å². The summed E-state index contributed by atoms with van der Waals surface area (Å²) in [7, 11) is 0. The second-order valence-electron chi connectivity index (χ2n) is 5.94. The Morgan fingerprint density at radius 3 is 2.44 bits per heavy atom. The van der Waals surface area contributed by atoms with Crippen LogP contribution in [0.2, 0.25) is 0 Å². The number of anilines is 1. The van der Waals surface area contributed by atoms with Crippen molar-refractivity contribution in [3.05, 3.63) is 87.6 Å². The van der Waals surface area contributed by atoms with Gasteiger partial charge in [0, 0.05) is 11.1 Å². The molecule has 4 rings (SSSR count). The van der Waals surface area contributed by atoms with E-state index in [1.807, 2.05) is 66.2 Å². The quantitative estimate of drug-likeness (QED) is 0.495. The van der Waals surface area contributed by atoms with Crippen LogP contribution in [0.5, 0.6) is 0 Å². The van der Waals surface area contributed by atoms with E-state index in [0.717, 1.165) is 11.1 Å². The average Bonchev–Trinajstić information content (AvgIpc) is 3.12. The van der Waals surface area contributed by atoms with Gasteiger partial charge in [-0.15, -0.1) is 0 Å². The number of benzene rings is 2. The molecule has 0 spiro atoms. The van der Waals surface area contributed by atoms with E-state index in [0.29, 0.717) is 22.4 Å². The molecule has 0 bridgehead atoms. The fraction of sp³-hybridized carbons (Fsp3) is 0.0476. The predicted molar refractivity (Wildman–Crippen MR) is 102 cm³/mol. The van der Waals surface area contributed by atoms with Crippen LogP contribution in [0, 0.1) is 6.92 Å². The van der Waals surface area contributed by atoms with E-state index < -0.39 is 0 Å². The van der Waals surface area contributed by atoms with Gasteiger partial charge >= 0.3 is 0 Å². The van der Waals surface area contributed by atoms with Crippen molar-refractivity contribution in [1.82, 2.24) is 0 Å². The van der Waals surface area contributed by atoms with Crippen LogP contribution >= 0.6 is 11.3 Å². The van der Waals surface area contributed by atoms with Gasteiger partial charge in [-0.1, -0.05) is 30.3 Å². The molecule has 3 nitrogen and oxygen atoms in total. The monoisotopic (exact) mass is 345 g/mol. The Kier molecular flexibility index (Phi) is 3.82. The van der Waals surface area contributed by atoms with Crippen molar-refractivity contribution in [2.24, 2.45) is 0 Å². The summed E-state index contributed by atoms with van der Waals surface area (Å²) in [6, 6.07) is 16.7. The van der Waals surface area contributed by atoms with Gasteiger partial charge in [0.05, 0.1) is 5.69 Å². The molecule has 0 radical (unpaired) electrons. The number of amides is 2. The third kappa shape index (κ3) is 2.71. The third-order valence-electron chi connectivity index (χ3n) is 4.20. The Labute approximate surface area is 149 Å². The number of nitrogens with zero attached hydrogens (tertiary/aromatic N) is 1. The van der Waals surface area contributed by atoms with Crippen molar-refractivity contribution in [3.63, 3.8) is 0 Å². The Hall–Kier alpha value is -2.98. The number of aryl methyl sites for hydroxylation is 1. The number of imide groups is 1. The molecule has 0 fully saturated rings. The van der Waals surface area contributed by atoms with Gasteiger partial charge in [0.2, 0.25) is 0 Å². The zero-order valence-electron chi connectivity index (χ0n) is 13.6. The molecule has 0 atom stereocenters. The minimum absolute atomic E-state index is 0.284. The smallest absolute Gasteiger partial charge is 0.265 e. The SMILES string of the molecule is Cc1cccc(N2C(=O)/C(=C\c3ccsc3)c3ccccc3C2=O)c1. The number of fused-ring (bicyclic) bond motifs is 1. The Balaban J connectivity index is 1.92. The summed E-state index contributed by atoms with van der Waals surface area (Å²) in [5.74, 6) is -0.575. The minimum Gasteiger partial charge on any atom is -0.268 e. The Morgan fingerprint density at radius 1 is 0.920 bits per heavy atom. The average molecular weight is 345 g/mol. The molecule has 0 aliphatic carbocycles. The summed E-state index contributed by atoms with van der Waals surface area (Å²) in [5.41, 5.74) is 4.33. The highest BCUT2D eigenvalue weighted by Gasteiger charge is 2.35. The number of rotatable bonds is 2.